The third kappa shape index (κ3) is 9.55. The zero-order chi connectivity index (χ0) is 53.0. The maximum absolute atomic E-state index is 13.4. The molecule has 8 rings (SSSR count). The lowest BCUT2D eigenvalue weighted by molar-refractivity contribution is -0.148. The minimum absolute atomic E-state index is 0.0134. The van der Waals surface area contributed by atoms with Gasteiger partial charge in [0.05, 0.1) is 22.6 Å². The molecule has 20 nitrogen and oxygen atoms in total. The van der Waals surface area contributed by atoms with Crippen LogP contribution in [0.5, 0.6) is 11.5 Å². The molecule has 2 saturated carbocycles. The number of rotatable bonds is 6. The van der Waals surface area contributed by atoms with Crippen molar-refractivity contribution in [3.63, 3.8) is 0 Å². The van der Waals surface area contributed by atoms with Crippen molar-refractivity contribution in [2.75, 3.05) is 24.0 Å². The van der Waals surface area contributed by atoms with Crippen LogP contribution in [0, 0.1) is 54.8 Å². The molecule has 6 aliphatic carbocycles. The van der Waals surface area contributed by atoms with Gasteiger partial charge in [0.1, 0.15) is 65.4 Å². The predicted molar refractivity (Wildman–Crippen MR) is 252 cm³/mol. The van der Waals surface area contributed by atoms with Crippen LogP contribution < -0.4 is 11.5 Å². The number of sulfone groups is 2. The Bertz CT molecular complexity index is 3230. The predicted octanol–water partition coefficient (Wildman–Crippen LogP) is 0.997. The Morgan fingerprint density at radius 1 is 0.662 bits per heavy atom. The lowest BCUT2D eigenvalue weighted by Crippen LogP contribution is -2.58. The van der Waals surface area contributed by atoms with Gasteiger partial charge in [0, 0.05) is 66.7 Å². The van der Waals surface area contributed by atoms with Crippen molar-refractivity contribution in [1.29, 1.82) is 0 Å². The molecule has 2 fully saturated rings. The van der Waals surface area contributed by atoms with E-state index < -0.39 is 130 Å². The summed E-state index contributed by atoms with van der Waals surface area (Å²) >= 11 is 0. The molecule has 0 heterocycles. The second kappa shape index (κ2) is 19.2. The van der Waals surface area contributed by atoms with Gasteiger partial charge in [-0.1, -0.05) is 17.9 Å². The molecule has 22 heteroatoms. The Morgan fingerprint density at radius 3 is 1.48 bits per heavy atom. The molecule has 6 aliphatic rings. The van der Waals surface area contributed by atoms with Gasteiger partial charge >= 0.3 is 0 Å². The smallest absolute Gasteiger partial charge is 0.255 e. The number of primary amides is 2. The number of nitrogens with two attached hydrogens (primary N) is 2. The maximum Gasteiger partial charge on any atom is 0.255 e. The van der Waals surface area contributed by atoms with E-state index >= 15 is 0 Å². The number of aliphatic hydroxyl groups excluding tert-OH is 4. The summed E-state index contributed by atoms with van der Waals surface area (Å²) in [5.41, 5.74) is 5.58. The van der Waals surface area contributed by atoms with E-state index in [2.05, 4.69) is 17.8 Å². The number of aryl methyl sites for hydroxylation is 1. The van der Waals surface area contributed by atoms with Crippen molar-refractivity contribution in [2.45, 2.75) is 69.5 Å². The molecule has 2 aromatic carbocycles. The third-order valence-corrected chi connectivity index (χ3v) is 15.5. The largest absolute Gasteiger partial charge is 0.508 e. The van der Waals surface area contributed by atoms with Gasteiger partial charge in [-0.3, -0.25) is 28.8 Å². The summed E-state index contributed by atoms with van der Waals surface area (Å²) in [5.74, 6) is -5.26. The van der Waals surface area contributed by atoms with Crippen molar-refractivity contribution < 1.29 is 86.5 Å². The Hall–Kier alpha value is -7.24. The molecule has 12 N–H and O–H groups in total. The number of benzene rings is 2. The summed E-state index contributed by atoms with van der Waals surface area (Å²) in [6, 6.07) is 5.88. The normalized spacial score (nSPS) is 25.5. The second-order valence-corrected chi connectivity index (χ2v) is 22.8. The summed E-state index contributed by atoms with van der Waals surface area (Å²) in [6.45, 7) is 1.81. The highest BCUT2D eigenvalue weighted by Crippen LogP contribution is 2.54. The molecular weight excluding hydrogens is 969 g/mol. The number of fused-ring (bicyclic) bond motifs is 6. The van der Waals surface area contributed by atoms with E-state index in [1.807, 2.05) is 6.92 Å². The van der Waals surface area contributed by atoms with Crippen molar-refractivity contribution in [3.8, 4) is 35.7 Å². The first-order valence-corrected chi connectivity index (χ1v) is 25.9. The van der Waals surface area contributed by atoms with Gasteiger partial charge < -0.3 is 52.3 Å². The number of aromatic hydroxyl groups is 2. The molecule has 2 amide bonds. The van der Waals surface area contributed by atoms with E-state index in [4.69, 9.17) is 17.9 Å². The van der Waals surface area contributed by atoms with Gasteiger partial charge in [-0.05, 0) is 79.3 Å². The second-order valence-electron chi connectivity index (χ2n) is 18.3. The molecule has 0 radical (unpaired) electrons. The van der Waals surface area contributed by atoms with Crippen LogP contribution >= 0.6 is 0 Å². The molecule has 6 atom stereocenters. The molecule has 0 saturated heterocycles. The number of carbonyl (C=O) groups excluding carboxylic acids is 6. The van der Waals surface area contributed by atoms with Crippen molar-refractivity contribution >= 4 is 66.1 Å². The first-order chi connectivity index (χ1) is 32.9. The van der Waals surface area contributed by atoms with Crippen LogP contribution in [0.1, 0.15) is 71.9 Å². The topological polar surface area (TPSA) is 385 Å². The summed E-state index contributed by atoms with van der Waals surface area (Å²) in [4.78, 5) is 74.5. The average Bonchev–Trinajstić information content (AvgIpc) is 3.25. The number of hydrogen-bond donors (Lipinski definition) is 10. The SMILES string of the molecule is C#CCCS(C)(=O)=O.CS(=O)(=O)CCC#Cc1ccc(O)c2c1C[C@H]1C[C@H]3CC(=O)C(C(N)=O)=C(O)[C@@]3(O)C(=O)C1=C2O.Cc1ccc(O)c2c1C[C@H]1C[C@H]3CC(=O)C(C(N)=O)=C(O)[C@@]3(O)C(=O)C1=C2O. The third-order valence-electron chi connectivity index (χ3n) is 13.6. The van der Waals surface area contributed by atoms with Crippen molar-refractivity contribution in [2.24, 2.45) is 35.1 Å². The summed E-state index contributed by atoms with van der Waals surface area (Å²) in [7, 11) is -6.03. The number of terminal acetylenes is 1. The highest BCUT2D eigenvalue weighted by Gasteiger charge is 2.62. The number of hydrogen-bond acceptors (Lipinski definition) is 18. The quantitative estimate of drug-likeness (QED) is 0.142. The molecular formula is C49H50N2O18S2. The van der Waals surface area contributed by atoms with Crippen LogP contribution in [0.15, 0.2) is 58.1 Å². The van der Waals surface area contributed by atoms with Crippen molar-refractivity contribution in [1.82, 2.24) is 0 Å². The summed E-state index contributed by atoms with van der Waals surface area (Å²) in [6.07, 6.45) is 7.36. The summed E-state index contributed by atoms with van der Waals surface area (Å²) in [5, 5.41) is 85.7. The number of phenols is 2. The summed E-state index contributed by atoms with van der Waals surface area (Å²) < 4.78 is 43.3. The van der Waals surface area contributed by atoms with Crippen LogP contribution in [-0.4, -0.2) is 128 Å². The van der Waals surface area contributed by atoms with E-state index in [0.29, 0.717) is 29.5 Å². The fraction of sp³-hybridized carbons (Fsp3) is 0.388. The molecule has 0 spiro atoms. The van der Waals surface area contributed by atoms with Gasteiger partial charge in [0.25, 0.3) is 11.8 Å². The number of amides is 2. The highest BCUT2D eigenvalue weighted by atomic mass is 32.2. The first-order valence-electron chi connectivity index (χ1n) is 21.8. The lowest BCUT2D eigenvalue weighted by Gasteiger charge is -2.46. The Kier molecular flexibility index (Phi) is 14.3. The molecule has 0 aromatic heterocycles. The first kappa shape index (κ1) is 53.1. The van der Waals surface area contributed by atoms with Crippen LogP contribution in [0.4, 0.5) is 0 Å². The van der Waals surface area contributed by atoms with E-state index in [9.17, 15) is 86.5 Å². The van der Waals surface area contributed by atoms with Gasteiger partial charge in [-0.2, -0.15) is 0 Å². The maximum atomic E-state index is 13.4. The zero-order valence-electron chi connectivity index (χ0n) is 38.4. The molecule has 0 bridgehead atoms. The van der Waals surface area contributed by atoms with Crippen LogP contribution in [-0.2, 0) is 61.3 Å². The number of phenolic OH excluding ortho intramolecular Hbond substituents is 2. The molecule has 376 valence electrons. The fourth-order valence-electron chi connectivity index (χ4n) is 10.2. The van der Waals surface area contributed by atoms with Crippen molar-refractivity contribution in [3.05, 3.63) is 91.5 Å². The molecule has 71 heavy (non-hydrogen) atoms. The van der Waals surface area contributed by atoms with Gasteiger partial charge in [0.15, 0.2) is 22.8 Å². The monoisotopic (exact) mass is 1020 g/mol. The van der Waals surface area contributed by atoms with Gasteiger partial charge in [-0.25, -0.2) is 16.8 Å². The fourth-order valence-corrected chi connectivity index (χ4v) is 11.1. The van der Waals surface area contributed by atoms with Crippen LogP contribution in [0.25, 0.3) is 11.5 Å². The van der Waals surface area contributed by atoms with Gasteiger partial charge in [0.2, 0.25) is 11.6 Å². The number of ketones is 4. The van der Waals surface area contributed by atoms with Crippen LogP contribution in [0.2, 0.25) is 0 Å². The van der Waals surface area contributed by atoms with E-state index in [0.717, 1.165) is 11.8 Å². The Balaban J connectivity index is 0.000000205. The van der Waals surface area contributed by atoms with Gasteiger partial charge in [-0.15, -0.1) is 12.3 Å². The van der Waals surface area contributed by atoms with Crippen LogP contribution in [0.3, 0.4) is 0 Å². The minimum Gasteiger partial charge on any atom is -0.508 e. The van der Waals surface area contributed by atoms with E-state index in [-0.39, 0.29) is 77.4 Å². The Morgan fingerprint density at radius 2 is 1.07 bits per heavy atom. The molecule has 2 aromatic rings. The lowest BCUT2D eigenvalue weighted by atomic mass is 9.59. The molecule has 0 unspecified atom stereocenters. The Labute approximate surface area is 406 Å². The minimum atomic E-state index is -3.20. The zero-order valence-corrected chi connectivity index (χ0v) is 40.0. The number of Topliss-reactive ketones (excluding diaryl/α,β-unsaturated/α-hetero) is 4. The number of aliphatic hydroxyl groups is 6. The molecule has 0 aliphatic heterocycles. The highest BCUT2D eigenvalue weighted by molar-refractivity contribution is 7.90. The standard InChI is InChI=1S/C24H23NO9S.C20H19NO7.C5H8O2S/c1-35(33,34)7-3-2-4-11-5-6-15(26)18-14(11)9-12-8-13-10-16(27)19(23(25)31)22(30)24(13,32)21(29)17(12)20(18)28;1-7-2-3-11(22)14-10(7)5-8-4-9-6-12(23)15(19(21)27)18(26)20(9,28)17(25)13(8)16(14)24;1-3-4-5-8(2,6)7/h5-6,12-13,26,28,30,32H,3,7-10H2,1H3,(H2,25,31);2-3,8-9,22,24,26,28H,4-6H2,1H3,(H2,21,27);1H,4-5H2,2H3/t12-,13+,24+;8-,9+,20+;/m11./s1. The van der Waals surface area contributed by atoms with E-state index in [1.54, 1.807) is 6.07 Å². The van der Waals surface area contributed by atoms with E-state index in [1.165, 1.54) is 24.5 Å². The number of carbonyl (C=O) groups is 6. The average molecular weight is 1020 g/mol.